The summed E-state index contributed by atoms with van der Waals surface area (Å²) >= 11 is 0. The van der Waals surface area contributed by atoms with E-state index in [2.05, 4.69) is 10.1 Å². The Kier molecular flexibility index (Phi) is 6.70. The average Bonchev–Trinajstić information content (AvgIpc) is 2.65. The zero-order valence-electron chi connectivity index (χ0n) is 15.4. The number of carbonyl (C=O) groups is 2. The highest BCUT2D eigenvalue weighted by atomic mass is 32.2. The van der Waals surface area contributed by atoms with Gasteiger partial charge in [-0.3, -0.25) is 4.79 Å². The molecule has 144 valence electrons. The largest absolute Gasteiger partial charge is 0.465 e. The van der Waals surface area contributed by atoms with E-state index < -0.39 is 27.9 Å². The van der Waals surface area contributed by atoms with Crippen LogP contribution in [0.15, 0.2) is 54.6 Å². The first-order chi connectivity index (χ1) is 12.7. The van der Waals surface area contributed by atoms with Crippen molar-refractivity contribution in [2.24, 2.45) is 0 Å². The Morgan fingerprint density at radius 2 is 1.67 bits per heavy atom. The van der Waals surface area contributed by atoms with Crippen molar-refractivity contribution in [1.29, 1.82) is 0 Å². The van der Waals surface area contributed by atoms with E-state index in [1.165, 1.54) is 19.2 Å². The number of anilines is 1. The summed E-state index contributed by atoms with van der Waals surface area (Å²) in [6.07, 6.45) is 1.07. The summed E-state index contributed by atoms with van der Waals surface area (Å²) in [5.74, 6) is -0.957. The molecule has 27 heavy (non-hydrogen) atoms. The molecule has 8 heteroatoms. The van der Waals surface area contributed by atoms with Crippen molar-refractivity contribution in [3.05, 3.63) is 65.7 Å². The van der Waals surface area contributed by atoms with Gasteiger partial charge in [-0.05, 0) is 36.8 Å². The third kappa shape index (κ3) is 5.63. The highest BCUT2D eigenvalue weighted by Crippen LogP contribution is 2.22. The number of hydrogen-bond acceptors (Lipinski definition) is 5. The molecule has 0 aliphatic heterocycles. The molecule has 2 aromatic carbocycles. The molecule has 0 aromatic heterocycles. The molecule has 0 saturated carbocycles. The Labute approximate surface area is 159 Å². The zero-order valence-corrected chi connectivity index (χ0v) is 16.2. The minimum absolute atomic E-state index is 0.326. The lowest BCUT2D eigenvalue weighted by atomic mass is 10.1. The molecule has 0 saturated heterocycles. The molecule has 1 amide bonds. The fraction of sp³-hybridized carbons (Fsp3) is 0.263. The molecule has 0 fully saturated rings. The van der Waals surface area contributed by atoms with E-state index in [-0.39, 0.29) is 6.54 Å². The van der Waals surface area contributed by atoms with E-state index >= 15 is 0 Å². The summed E-state index contributed by atoms with van der Waals surface area (Å²) < 4.78 is 30.1. The third-order valence-electron chi connectivity index (χ3n) is 4.03. The van der Waals surface area contributed by atoms with Gasteiger partial charge in [-0.15, -0.1) is 0 Å². The Morgan fingerprint density at radius 3 is 2.19 bits per heavy atom. The van der Waals surface area contributed by atoms with Gasteiger partial charge in [0.2, 0.25) is 15.9 Å². The van der Waals surface area contributed by atoms with Crippen LogP contribution in [0.1, 0.15) is 28.9 Å². The number of carbonyl (C=O) groups excluding carboxylic acids is 2. The highest BCUT2D eigenvalue weighted by Gasteiger charge is 2.27. The molecule has 7 nitrogen and oxygen atoms in total. The minimum atomic E-state index is -3.61. The van der Waals surface area contributed by atoms with Gasteiger partial charge in [0.25, 0.3) is 0 Å². The van der Waals surface area contributed by atoms with Gasteiger partial charge >= 0.3 is 5.97 Å². The van der Waals surface area contributed by atoms with E-state index in [9.17, 15) is 18.0 Å². The van der Waals surface area contributed by atoms with E-state index in [1.807, 2.05) is 30.3 Å². The SMILES string of the molecule is COC(=O)c1ccc(NC(=O)CN(C(C)c2ccccc2)S(C)(=O)=O)cc1. The number of nitrogens with one attached hydrogen (secondary N) is 1. The quantitative estimate of drug-likeness (QED) is 0.733. The lowest BCUT2D eigenvalue weighted by Gasteiger charge is -2.26. The van der Waals surface area contributed by atoms with Crippen LogP contribution < -0.4 is 5.32 Å². The number of benzene rings is 2. The molecular weight excluding hydrogens is 368 g/mol. The lowest BCUT2D eigenvalue weighted by molar-refractivity contribution is -0.116. The second-order valence-corrected chi connectivity index (χ2v) is 7.95. The van der Waals surface area contributed by atoms with Gasteiger partial charge in [-0.1, -0.05) is 30.3 Å². The number of sulfonamides is 1. The van der Waals surface area contributed by atoms with Crippen molar-refractivity contribution in [3.8, 4) is 0 Å². The summed E-state index contributed by atoms with van der Waals surface area (Å²) in [4.78, 5) is 23.8. The van der Waals surface area contributed by atoms with Gasteiger partial charge in [-0.2, -0.15) is 4.31 Å². The van der Waals surface area contributed by atoms with Crippen LogP contribution in [-0.2, 0) is 19.6 Å². The van der Waals surface area contributed by atoms with Gasteiger partial charge in [0.05, 0.1) is 25.5 Å². The smallest absolute Gasteiger partial charge is 0.337 e. The van der Waals surface area contributed by atoms with Crippen molar-refractivity contribution >= 4 is 27.6 Å². The number of nitrogens with zero attached hydrogens (tertiary/aromatic N) is 1. The summed E-state index contributed by atoms with van der Waals surface area (Å²) in [7, 11) is -2.33. The minimum Gasteiger partial charge on any atom is -0.465 e. The van der Waals surface area contributed by atoms with Crippen LogP contribution in [0.5, 0.6) is 0 Å². The Balaban J connectivity index is 2.11. The van der Waals surface area contributed by atoms with Crippen molar-refractivity contribution < 1.29 is 22.7 Å². The number of ether oxygens (including phenoxy) is 1. The average molecular weight is 390 g/mol. The van der Waals surface area contributed by atoms with Crippen LogP contribution in [0, 0.1) is 0 Å². The van der Waals surface area contributed by atoms with Gasteiger partial charge < -0.3 is 10.1 Å². The normalized spacial score (nSPS) is 12.4. The maximum atomic E-state index is 12.4. The van der Waals surface area contributed by atoms with Crippen LogP contribution in [0.4, 0.5) is 5.69 Å². The summed E-state index contributed by atoms with van der Waals surface area (Å²) in [6, 6.07) is 14.7. The van der Waals surface area contributed by atoms with Crippen LogP contribution in [0.2, 0.25) is 0 Å². The van der Waals surface area contributed by atoms with Crippen LogP contribution in [0.3, 0.4) is 0 Å². The number of esters is 1. The number of methoxy groups -OCH3 is 1. The Hall–Kier alpha value is -2.71. The van der Waals surface area contributed by atoms with E-state index in [0.717, 1.165) is 16.1 Å². The zero-order chi connectivity index (χ0) is 20.0. The van der Waals surface area contributed by atoms with Crippen molar-refractivity contribution in [1.82, 2.24) is 4.31 Å². The van der Waals surface area contributed by atoms with Crippen molar-refractivity contribution in [2.45, 2.75) is 13.0 Å². The Morgan fingerprint density at radius 1 is 1.07 bits per heavy atom. The predicted molar refractivity (Wildman–Crippen MR) is 103 cm³/mol. The molecule has 1 N–H and O–H groups in total. The summed E-state index contributed by atoms with van der Waals surface area (Å²) in [6.45, 7) is 1.41. The van der Waals surface area contributed by atoms with E-state index in [0.29, 0.717) is 11.3 Å². The molecule has 2 rings (SSSR count). The summed E-state index contributed by atoms with van der Waals surface area (Å²) in [5, 5.41) is 2.64. The molecular formula is C19H22N2O5S. The number of amides is 1. The van der Waals surface area contributed by atoms with Gasteiger partial charge in [-0.25, -0.2) is 13.2 Å². The monoisotopic (exact) mass is 390 g/mol. The standard InChI is InChI=1S/C19H22N2O5S/c1-14(15-7-5-4-6-8-15)21(27(3,24)25)13-18(22)20-17-11-9-16(10-12-17)19(23)26-2/h4-12,14H,13H2,1-3H3,(H,20,22). The fourth-order valence-corrected chi connectivity index (χ4v) is 3.64. The molecule has 0 aliphatic rings. The molecule has 1 unspecified atom stereocenters. The topological polar surface area (TPSA) is 92.8 Å². The van der Waals surface area contributed by atoms with Crippen LogP contribution in [-0.4, -0.2) is 44.5 Å². The maximum Gasteiger partial charge on any atom is 0.337 e. The highest BCUT2D eigenvalue weighted by molar-refractivity contribution is 7.88. The molecule has 0 radical (unpaired) electrons. The second kappa shape index (κ2) is 8.79. The first-order valence-corrected chi connectivity index (χ1v) is 10.1. The molecule has 0 spiro atoms. The molecule has 0 bridgehead atoms. The molecule has 0 aliphatic carbocycles. The number of rotatable bonds is 7. The molecule has 2 aromatic rings. The van der Waals surface area contributed by atoms with Crippen molar-refractivity contribution in [3.63, 3.8) is 0 Å². The van der Waals surface area contributed by atoms with Gasteiger partial charge in [0.15, 0.2) is 0 Å². The number of hydrogen-bond donors (Lipinski definition) is 1. The molecule has 0 heterocycles. The van der Waals surface area contributed by atoms with E-state index in [4.69, 9.17) is 0 Å². The first-order valence-electron chi connectivity index (χ1n) is 8.22. The van der Waals surface area contributed by atoms with Gasteiger partial charge in [0, 0.05) is 11.7 Å². The maximum absolute atomic E-state index is 12.4. The third-order valence-corrected chi connectivity index (χ3v) is 5.33. The Bertz CT molecular complexity index is 895. The van der Waals surface area contributed by atoms with Crippen molar-refractivity contribution in [2.75, 3.05) is 25.2 Å². The first kappa shape index (κ1) is 20.6. The molecule has 1 atom stereocenters. The van der Waals surface area contributed by atoms with Crippen LogP contribution in [0.25, 0.3) is 0 Å². The lowest BCUT2D eigenvalue weighted by Crippen LogP contribution is -2.39. The van der Waals surface area contributed by atoms with Gasteiger partial charge in [0.1, 0.15) is 0 Å². The predicted octanol–water partition coefficient (Wildman–Crippen LogP) is 2.43. The van der Waals surface area contributed by atoms with E-state index in [1.54, 1.807) is 19.1 Å². The fourth-order valence-electron chi connectivity index (χ4n) is 2.59. The summed E-state index contributed by atoms with van der Waals surface area (Å²) in [5.41, 5.74) is 1.59. The second-order valence-electron chi connectivity index (χ2n) is 6.01. The van der Waals surface area contributed by atoms with Crippen LogP contribution >= 0.6 is 0 Å².